The number of carboxylic acid groups (broad SMARTS) is 1. The Morgan fingerprint density at radius 2 is 1.42 bits per heavy atom. The normalized spacial score (nSPS) is 14.3. The van der Waals surface area contributed by atoms with Crippen molar-refractivity contribution in [3.8, 4) is 0 Å². The zero-order valence-electron chi connectivity index (χ0n) is 19.2. The molecule has 12 N–H and O–H groups in total. The number of aliphatic carboxylic acids is 1. The maximum atomic E-state index is 12.8. The van der Waals surface area contributed by atoms with Gasteiger partial charge in [0.1, 0.15) is 18.1 Å². The number of carbonyl (C=O) groups excluding carboxylic acids is 4. The highest BCUT2D eigenvalue weighted by molar-refractivity contribution is 5.96. The Labute approximate surface area is 192 Å². The van der Waals surface area contributed by atoms with Gasteiger partial charge in [0.05, 0.1) is 12.5 Å². The Morgan fingerprint density at radius 1 is 0.879 bits per heavy atom. The fourth-order valence-electron chi connectivity index (χ4n) is 2.72. The van der Waals surface area contributed by atoms with Gasteiger partial charge in [0.15, 0.2) is 5.96 Å². The summed E-state index contributed by atoms with van der Waals surface area (Å²) in [7, 11) is 0. The summed E-state index contributed by atoms with van der Waals surface area (Å²) in [5.41, 5.74) is 21.5. The molecule has 0 radical (unpaired) electrons. The van der Waals surface area contributed by atoms with Gasteiger partial charge in [-0.05, 0) is 32.1 Å². The minimum atomic E-state index is -1.38. The first-order valence-electron chi connectivity index (χ1n) is 10.5. The number of hydrogen-bond donors (Lipinski definition) is 8. The Morgan fingerprint density at radius 3 is 1.91 bits per heavy atom. The Balaban J connectivity index is 5.45. The molecule has 0 saturated heterocycles. The first-order chi connectivity index (χ1) is 15.2. The lowest BCUT2D eigenvalue weighted by molar-refractivity contribution is -0.142. The van der Waals surface area contributed by atoms with Gasteiger partial charge in [-0.3, -0.25) is 29.0 Å². The lowest BCUT2D eigenvalue weighted by atomic mass is 10.0. The summed E-state index contributed by atoms with van der Waals surface area (Å²) in [5, 5.41) is 16.1. The number of amides is 4. The van der Waals surface area contributed by atoms with Crippen molar-refractivity contribution >= 4 is 35.6 Å². The lowest BCUT2D eigenvalue weighted by Crippen LogP contribution is -2.57. The second-order valence-corrected chi connectivity index (χ2v) is 8.05. The predicted octanol–water partition coefficient (Wildman–Crippen LogP) is -3.15. The molecule has 0 aromatic rings. The van der Waals surface area contributed by atoms with Crippen LogP contribution in [0.1, 0.15) is 46.5 Å². The minimum Gasteiger partial charge on any atom is -0.480 e. The third-order valence-electron chi connectivity index (χ3n) is 4.41. The summed E-state index contributed by atoms with van der Waals surface area (Å²) < 4.78 is 0. The van der Waals surface area contributed by atoms with Gasteiger partial charge in [0.25, 0.3) is 0 Å². The van der Waals surface area contributed by atoms with Crippen LogP contribution in [-0.2, 0) is 24.0 Å². The summed E-state index contributed by atoms with van der Waals surface area (Å²) in [6, 6.07) is -4.70. The van der Waals surface area contributed by atoms with E-state index in [-0.39, 0.29) is 31.3 Å². The first-order valence-corrected chi connectivity index (χ1v) is 10.5. The van der Waals surface area contributed by atoms with E-state index in [1.807, 2.05) is 13.8 Å². The fourth-order valence-corrected chi connectivity index (χ4v) is 2.72. The molecule has 0 aliphatic heterocycles. The van der Waals surface area contributed by atoms with Crippen molar-refractivity contribution in [2.24, 2.45) is 33.8 Å². The van der Waals surface area contributed by atoms with Crippen LogP contribution in [0.15, 0.2) is 4.99 Å². The van der Waals surface area contributed by atoms with Crippen molar-refractivity contribution in [2.75, 3.05) is 6.54 Å². The molecule has 4 atom stereocenters. The van der Waals surface area contributed by atoms with Crippen LogP contribution in [0.4, 0.5) is 0 Å². The van der Waals surface area contributed by atoms with E-state index in [4.69, 9.17) is 28.0 Å². The highest BCUT2D eigenvalue weighted by Gasteiger charge is 2.30. The van der Waals surface area contributed by atoms with Crippen LogP contribution in [0.25, 0.3) is 0 Å². The summed E-state index contributed by atoms with van der Waals surface area (Å²) >= 11 is 0. The number of nitrogens with one attached hydrogen (secondary N) is 3. The van der Waals surface area contributed by atoms with E-state index in [1.165, 1.54) is 6.92 Å². The summed E-state index contributed by atoms with van der Waals surface area (Å²) in [6.45, 7) is 5.14. The number of nitrogens with zero attached hydrogens (tertiary/aromatic N) is 1. The van der Waals surface area contributed by atoms with Gasteiger partial charge in [-0.2, -0.15) is 0 Å². The topological polar surface area (TPSA) is 258 Å². The van der Waals surface area contributed by atoms with Crippen LogP contribution in [0.5, 0.6) is 0 Å². The van der Waals surface area contributed by atoms with Crippen LogP contribution in [0.2, 0.25) is 0 Å². The number of primary amides is 1. The van der Waals surface area contributed by atoms with Crippen molar-refractivity contribution < 1.29 is 29.1 Å². The van der Waals surface area contributed by atoms with Crippen molar-refractivity contribution in [2.45, 2.75) is 70.6 Å². The van der Waals surface area contributed by atoms with E-state index in [1.54, 1.807) is 0 Å². The molecule has 0 aliphatic carbocycles. The highest BCUT2D eigenvalue weighted by atomic mass is 16.4. The molecular formula is C19H36N8O6. The largest absolute Gasteiger partial charge is 0.480 e. The number of carbonyl (C=O) groups is 5. The molecular weight excluding hydrogens is 436 g/mol. The van der Waals surface area contributed by atoms with Crippen LogP contribution in [-0.4, -0.2) is 71.4 Å². The highest BCUT2D eigenvalue weighted by Crippen LogP contribution is 2.05. The molecule has 14 nitrogen and oxygen atoms in total. The molecule has 0 aliphatic rings. The van der Waals surface area contributed by atoms with E-state index in [9.17, 15) is 24.0 Å². The number of carboxylic acids is 1. The summed E-state index contributed by atoms with van der Waals surface area (Å²) in [5.74, 6) is -4.45. The van der Waals surface area contributed by atoms with Gasteiger partial charge in [-0.1, -0.05) is 13.8 Å². The molecule has 0 aromatic carbocycles. The Hall–Kier alpha value is -3.42. The third kappa shape index (κ3) is 12.9. The molecule has 14 heteroatoms. The molecule has 0 fully saturated rings. The lowest BCUT2D eigenvalue weighted by Gasteiger charge is -2.24. The number of nitrogens with two attached hydrogens (primary N) is 4. The van der Waals surface area contributed by atoms with Crippen molar-refractivity contribution in [1.29, 1.82) is 0 Å². The Bertz CT molecular complexity index is 738. The Kier molecular flexibility index (Phi) is 13.1. The minimum absolute atomic E-state index is 0.0464. The van der Waals surface area contributed by atoms with E-state index in [2.05, 4.69) is 20.9 Å². The van der Waals surface area contributed by atoms with Crippen LogP contribution in [0.3, 0.4) is 0 Å². The molecule has 0 bridgehead atoms. The summed E-state index contributed by atoms with van der Waals surface area (Å²) in [6.07, 6.45) is 0.133. The van der Waals surface area contributed by atoms with Crippen LogP contribution in [0, 0.1) is 5.92 Å². The average molecular weight is 473 g/mol. The predicted molar refractivity (Wildman–Crippen MR) is 120 cm³/mol. The molecule has 4 unspecified atom stereocenters. The standard InChI is InChI=1S/C19H36N8O6/c1-9(2)7-11(20)15(29)27-13(8-14(21)28)17(31)26-12(5-4-6-24-19(22)23)16(30)25-10(3)18(32)33/h9-13H,4-8,20H2,1-3H3,(H2,21,28)(H,25,30)(H,26,31)(H,27,29)(H,32,33)(H4,22,23,24). The maximum Gasteiger partial charge on any atom is 0.325 e. The smallest absolute Gasteiger partial charge is 0.325 e. The monoisotopic (exact) mass is 472 g/mol. The van der Waals surface area contributed by atoms with Crippen molar-refractivity contribution in [3.63, 3.8) is 0 Å². The molecule has 0 spiro atoms. The maximum absolute atomic E-state index is 12.8. The second-order valence-electron chi connectivity index (χ2n) is 8.05. The molecule has 0 rings (SSSR count). The number of rotatable bonds is 15. The van der Waals surface area contributed by atoms with Crippen LogP contribution >= 0.6 is 0 Å². The quantitative estimate of drug-likeness (QED) is 0.0678. The molecule has 4 amide bonds. The zero-order chi connectivity index (χ0) is 25.7. The van der Waals surface area contributed by atoms with E-state index >= 15 is 0 Å². The second kappa shape index (κ2) is 14.6. The van der Waals surface area contributed by atoms with Gasteiger partial charge < -0.3 is 44.0 Å². The number of aliphatic imine (C=N–C) groups is 1. The fraction of sp³-hybridized carbons (Fsp3) is 0.684. The average Bonchev–Trinajstić information content (AvgIpc) is 2.68. The number of hydrogen-bond acceptors (Lipinski definition) is 7. The first kappa shape index (κ1) is 29.6. The van der Waals surface area contributed by atoms with E-state index in [0.29, 0.717) is 6.42 Å². The van der Waals surface area contributed by atoms with Crippen molar-refractivity contribution in [1.82, 2.24) is 16.0 Å². The molecule has 0 aromatic heterocycles. The van der Waals surface area contributed by atoms with Crippen molar-refractivity contribution in [3.05, 3.63) is 0 Å². The number of guanidine groups is 1. The van der Waals surface area contributed by atoms with E-state index in [0.717, 1.165) is 0 Å². The van der Waals surface area contributed by atoms with Gasteiger partial charge in [0.2, 0.25) is 23.6 Å². The zero-order valence-corrected chi connectivity index (χ0v) is 19.2. The van der Waals surface area contributed by atoms with Gasteiger partial charge in [-0.25, -0.2) is 0 Å². The van der Waals surface area contributed by atoms with Gasteiger partial charge in [-0.15, -0.1) is 0 Å². The molecule has 0 saturated carbocycles. The summed E-state index contributed by atoms with van der Waals surface area (Å²) in [4.78, 5) is 63.9. The molecule has 188 valence electrons. The SMILES string of the molecule is CC(C)CC(N)C(=O)NC(CC(N)=O)C(=O)NC(CCCN=C(N)N)C(=O)NC(C)C(=O)O. The van der Waals surface area contributed by atoms with Gasteiger partial charge in [0, 0.05) is 6.54 Å². The van der Waals surface area contributed by atoms with Crippen LogP contribution < -0.4 is 38.9 Å². The molecule has 33 heavy (non-hydrogen) atoms. The third-order valence-corrected chi connectivity index (χ3v) is 4.41. The van der Waals surface area contributed by atoms with E-state index < -0.39 is 60.2 Å². The van der Waals surface area contributed by atoms with Gasteiger partial charge >= 0.3 is 5.97 Å². The molecule has 0 heterocycles.